The lowest BCUT2D eigenvalue weighted by Crippen LogP contribution is -2.42. The number of halogens is 1. The molecule has 2 heterocycles. The van der Waals surface area contributed by atoms with Crippen LogP contribution in [0.1, 0.15) is 61.2 Å². The lowest BCUT2D eigenvalue weighted by Gasteiger charge is -2.29. The van der Waals surface area contributed by atoms with E-state index in [0.717, 1.165) is 54.9 Å². The summed E-state index contributed by atoms with van der Waals surface area (Å²) >= 11 is 0. The summed E-state index contributed by atoms with van der Waals surface area (Å²) in [6, 6.07) is 8.69. The number of likely N-dealkylation sites (tertiary alicyclic amines) is 1. The molecule has 1 aromatic heterocycles. The molecule has 2 aromatic rings. The van der Waals surface area contributed by atoms with Crippen LogP contribution in [0.3, 0.4) is 0 Å². The van der Waals surface area contributed by atoms with Gasteiger partial charge in [-0.05, 0) is 64.4 Å². The number of nitrogens with one attached hydrogen (secondary N) is 2. The third-order valence-corrected chi connectivity index (χ3v) is 5.97. The van der Waals surface area contributed by atoms with Gasteiger partial charge in [0.2, 0.25) is 0 Å². The Labute approximate surface area is 209 Å². The van der Waals surface area contributed by atoms with Gasteiger partial charge in [-0.3, -0.25) is 9.89 Å². The predicted octanol–water partition coefficient (Wildman–Crippen LogP) is 4.41. The van der Waals surface area contributed by atoms with Crippen molar-refractivity contribution in [2.75, 3.05) is 39.8 Å². The number of guanidine groups is 1. The smallest absolute Gasteiger partial charge is 0.191 e. The highest BCUT2D eigenvalue weighted by atomic mass is 127. The number of aromatic nitrogens is 1. The standard InChI is InChI=1S/C24H37N5O2.HI/c1-6-25-24(26-15-17(2)23-18(3)28-31-19(23)4)27-16-22(29-12-7-8-13-29)20-10-9-11-21(14-20)30-5;/h9-11,14,17,22H,6-8,12-13,15-16H2,1-5H3,(H2,25,26,27);1H. The van der Waals surface area contributed by atoms with E-state index in [-0.39, 0.29) is 35.9 Å². The molecule has 7 nitrogen and oxygen atoms in total. The zero-order valence-electron chi connectivity index (χ0n) is 20.0. The van der Waals surface area contributed by atoms with Crippen LogP contribution < -0.4 is 15.4 Å². The molecule has 0 saturated carbocycles. The Hall–Kier alpha value is -1.81. The minimum absolute atomic E-state index is 0. The van der Waals surface area contributed by atoms with Crippen molar-refractivity contribution < 1.29 is 9.26 Å². The van der Waals surface area contributed by atoms with E-state index in [1.165, 1.54) is 18.4 Å². The molecule has 8 heteroatoms. The number of benzene rings is 1. The summed E-state index contributed by atoms with van der Waals surface area (Å²) in [6.07, 6.45) is 2.51. The average molecular weight is 556 g/mol. The maximum atomic E-state index is 5.46. The van der Waals surface area contributed by atoms with Crippen LogP contribution in [-0.4, -0.2) is 55.8 Å². The number of rotatable bonds is 9. The van der Waals surface area contributed by atoms with Crippen LogP contribution in [0.2, 0.25) is 0 Å². The van der Waals surface area contributed by atoms with Crippen molar-refractivity contribution in [2.45, 2.75) is 52.5 Å². The predicted molar refractivity (Wildman–Crippen MR) is 140 cm³/mol. The number of ether oxygens (including phenoxy) is 1. The van der Waals surface area contributed by atoms with E-state index in [9.17, 15) is 0 Å². The fraction of sp³-hybridized carbons (Fsp3) is 0.583. The fourth-order valence-corrected chi connectivity index (χ4v) is 4.41. The summed E-state index contributed by atoms with van der Waals surface area (Å²) in [5.74, 6) is 2.86. The van der Waals surface area contributed by atoms with Gasteiger partial charge in [0.15, 0.2) is 5.96 Å². The summed E-state index contributed by atoms with van der Waals surface area (Å²) in [6.45, 7) is 12.8. The van der Waals surface area contributed by atoms with Crippen molar-refractivity contribution in [2.24, 2.45) is 4.99 Å². The van der Waals surface area contributed by atoms with E-state index in [1.807, 2.05) is 19.9 Å². The Morgan fingerprint density at radius 1 is 1.25 bits per heavy atom. The summed E-state index contributed by atoms with van der Waals surface area (Å²) in [5, 5.41) is 11.1. The van der Waals surface area contributed by atoms with Gasteiger partial charge in [-0.15, -0.1) is 24.0 Å². The SMILES string of the molecule is CCNC(=NCC(C)c1c(C)noc1C)NCC(c1cccc(OC)c1)N1CCCC1.I. The number of aryl methyl sites for hydroxylation is 2. The van der Waals surface area contributed by atoms with Crippen molar-refractivity contribution in [1.29, 1.82) is 0 Å². The summed E-state index contributed by atoms with van der Waals surface area (Å²) < 4.78 is 10.8. The molecule has 1 aliphatic rings. The molecule has 32 heavy (non-hydrogen) atoms. The summed E-state index contributed by atoms with van der Waals surface area (Å²) in [4.78, 5) is 7.41. The molecule has 1 aliphatic heterocycles. The van der Waals surface area contributed by atoms with E-state index in [0.29, 0.717) is 6.54 Å². The number of nitrogens with zero attached hydrogens (tertiary/aromatic N) is 3. The number of hydrogen-bond acceptors (Lipinski definition) is 5. The fourth-order valence-electron chi connectivity index (χ4n) is 4.41. The Kier molecular flexibility index (Phi) is 10.8. The first-order valence-electron chi connectivity index (χ1n) is 11.4. The van der Waals surface area contributed by atoms with E-state index < -0.39 is 0 Å². The van der Waals surface area contributed by atoms with Crippen LogP contribution >= 0.6 is 24.0 Å². The summed E-state index contributed by atoms with van der Waals surface area (Å²) in [7, 11) is 1.72. The zero-order chi connectivity index (χ0) is 22.2. The largest absolute Gasteiger partial charge is 0.497 e. The van der Waals surface area contributed by atoms with Gasteiger partial charge >= 0.3 is 0 Å². The maximum Gasteiger partial charge on any atom is 0.191 e. The van der Waals surface area contributed by atoms with Gasteiger partial charge in [0, 0.05) is 31.1 Å². The molecule has 0 aliphatic carbocycles. The second-order valence-corrected chi connectivity index (χ2v) is 8.27. The highest BCUT2D eigenvalue weighted by Crippen LogP contribution is 2.27. The number of methoxy groups -OCH3 is 1. The monoisotopic (exact) mass is 555 g/mol. The van der Waals surface area contributed by atoms with E-state index in [4.69, 9.17) is 14.3 Å². The third kappa shape index (κ3) is 6.84. The quantitative estimate of drug-likeness (QED) is 0.271. The molecular weight excluding hydrogens is 517 g/mol. The van der Waals surface area contributed by atoms with E-state index >= 15 is 0 Å². The number of hydrogen-bond donors (Lipinski definition) is 2. The maximum absolute atomic E-state index is 5.46. The van der Waals surface area contributed by atoms with Crippen LogP contribution in [0.4, 0.5) is 0 Å². The first-order chi connectivity index (χ1) is 15.0. The molecule has 1 fully saturated rings. The molecule has 1 aromatic carbocycles. The van der Waals surface area contributed by atoms with Crippen molar-refractivity contribution in [3.05, 3.63) is 46.8 Å². The Morgan fingerprint density at radius 3 is 2.62 bits per heavy atom. The normalized spacial score (nSPS) is 16.3. The van der Waals surface area contributed by atoms with Gasteiger partial charge in [-0.2, -0.15) is 0 Å². The van der Waals surface area contributed by atoms with Crippen LogP contribution in [-0.2, 0) is 0 Å². The molecule has 2 atom stereocenters. The minimum Gasteiger partial charge on any atom is -0.497 e. The first-order valence-corrected chi connectivity index (χ1v) is 11.4. The van der Waals surface area contributed by atoms with Gasteiger partial charge in [-0.1, -0.05) is 24.2 Å². The summed E-state index contributed by atoms with van der Waals surface area (Å²) in [5.41, 5.74) is 3.38. The third-order valence-electron chi connectivity index (χ3n) is 5.97. The van der Waals surface area contributed by atoms with Gasteiger partial charge in [-0.25, -0.2) is 0 Å². The van der Waals surface area contributed by atoms with Crippen molar-refractivity contribution in [3.8, 4) is 5.75 Å². The van der Waals surface area contributed by atoms with E-state index in [2.05, 4.69) is 52.7 Å². The van der Waals surface area contributed by atoms with Crippen molar-refractivity contribution in [1.82, 2.24) is 20.7 Å². The van der Waals surface area contributed by atoms with Crippen molar-refractivity contribution in [3.63, 3.8) is 0 Å². The Bertz CT molecular complexity index is 844. The molecule has 0 spiro atoms. The van der Waals surface area contributed by atoms with Crippen LogP contribution in [0.15, 0.2) is 33.8 Å². The minimum atomic E-state index is 0. The second kappa shape index (κ2) is 13.0. The molecule has 2 unspecified atom stereocenters. The molecule has 0 radical (unpaired) electrons. The van der Waals surface area contributed by atoms with Gasteiger partial charge < -0.3 is 19.9 Å². The molecule has 3 rings (SSSR count). The molecule has 0 amide bonds. The van der Waals surface area contributed by atoms with Crippen LogP contribution in [0.5, 0.6) is 5.75 Å². The highest BCUT2D eigenvalue weighted by Gasteiger charge is 2.24. The first kappa shape index (κ1) is 26.4. The lowest BCUT2D eigenvalue weighted by atomic mass is 10.00. The van der Waals surface area contributed by atoms with Gasteiger partial charge in [0.1, 0.15) is 11.5 Å². The molecule has 2 N–H and O–H groups in total. The van der Waals surface area contributed by atoms with Crippen LogP contribution in [0, 0.1) is 13.8 Å². The second-order valence-electron chi connectivity index (χ2n) is 8.27. The van der Waals surface area contributed by atoms with Gasteiger partial charge in [0.05, 0.1) is 18.8 Å². The van der Waals surface area contributed by atoms with E-state index in [1.54, 1.807) is 7.11 Å². The average Bonchev–Trinajstić information content (AvgIpc) is 3.42. The zero-order valence-corrected chi connectivity index (χ0v) is 22.3. The topological polar surface area (TPSA) is 74.9 Å². The molecule has 178 valence electrons. The Morgan fingerprint density at radius 2 is 2.00 bits per heavy atom. The van der Waals surface area contributed by atoms with Crippen molar-refractivity contribution >= 4 is 29.9 Å². The molecule has 1 saturated heterocycles. The molecule has 0 bridgehead atoms. The molecular formula is C24H38IN5O2. The Balaban J connectivity index is 0.00000363. The highest BCUT2D eigenvalue weighted by molar-refractivity contribution is 14.0. The number of aliphatic imine (C=N–C) groups is 1. The van der Waals surface area contributed by atoms with Crippen LogP contribution in [0.25, 0.3) is 0 Å². The lowest BCUT2D eigenvalue weighted by molar-refractivity contribution is 0.245. The van der Waals surface area contributed by atoms with Gasteiger partial charge in [0.25, 0.3) is 0 Å².